The van der Waals surface area contributed by atoms with Gasteiger partial charge in [-0.25, -0.2) is 0 Å². The van der Waals surface area contributed by atoms with Gasteiger partial charge in [0, 0.05) is 52.3 Å². The summed E-state index contributed by atoms with van der Waals surface area (Å²) in [7, 11) is 3.70. The third-order valence-corrected chi connectivity index (χ3v) is 6.64. The molecule has 7 nitrogen and oxygen atoms in total. The Hall–Kier alpha value is -3.35. The fraction of sp³-hybridized carbons (Fsp3) is 0.423. The van der Waals surface area contributed by atoms with Gasteiger partial charge in [0.1, 0.15) is 11.5 Å². The van der Waals surface area contributed by atoms with Gasteiger partial charge in [0.2, 0.25) is 5.91 Å². The number of hydrogen-bond acceptors (Lipinski definition) is 4. The van der Waals surface area contributed by atoms with E-state index in [4.69, 9.17) is 4.42 Å². The van der Waals surface area contributed by atoms with Crippen LogP contribution in [-0.4, -0.2) is 57.6 Å². The van der Waals surface area contributed by atoms with Crippen molar-refractivity contribution < 1.29 is 14.0 Å². The number of likely N-dealkylation sites (N-methyl/N-ethyl adjacent to an activating group) is 1. The maximum atomic E-state index is 13.2. The van der Waals surface area contributed by atoms with Crippen LogP contribution in [0.25, 0.3) is 0 Å². The lowest BCUT2D eigenvalue weighted by Gasteiger charge is -2.40. The number of benzene rings is 1. The van der Waals surface area contributed by atoms with Crippen LogP contribution in [-0.2, 0) is 24.7 Å². The molecule has 1 aliphatic heterocycles. The fourth-order valence-electron chi connectivity index (χ4n) is 4.71. The van der Waals surface area contributed by atoms with Crippen LogP contribution >= 0.6 is 0 Å². The molecule has 4 rings (SSSR count). The molecule has 1 saturated heterocycles. The van der Waals surface area contributed by atoms with Crippen molar-refractivity contribution in [1.82, 2.24) is 19.6 Å². The Balaban J connectivity index is 1.41. The minimum atomic E-state index is -0.0616. The van der Waals surface area contributed by atoms with Crippen molar-refractivity contribution in [2.24, 2.45) is 13.0 Å². The number of hydrogen-bond donors (Lipinski definition) is 0. The first-order valence-corrected chi connectivity index (χ1v) is 11.6. The van der Waals surface area contributed by atoms with Crippen molar-refractivity contribution in [3.8, 4) is 0 Å². The highest BCUT2D eigenvalue weighted by Crippen LogP contribution is 2.27. The van der Waals surface area contributed by atoms with Crippen molar-refractivity contribution >= 4 is 11.8 Å². The van der Waals surface area contributed by atoms with Gasteiger partial charge in [0.15, 0.2) is 0 Å². The molecular formula is C26H32N4O3. The van der Waals surface area contributed by atoms with E-state index in [1.54, 1.807) is 23.2 Å². The van der Waals surface area contributed by atoms with Crippen LogP contribution in [0.3, 0.4) is 0 Å². The molecule has 0 aliphatic carbocycles. The molecule has 2 aromatic heterocycles. The van der Waals surface area contributed by atoms with E-state index in [2.05, 4.69) is 17.2 Å². The molecule has 3 aromatic rings. The van der Waals surface area contributed by atoms with Gasteiger partial charge in [0.25, 0.3) is 5.91 Å². The molecule has 1 aromatic carbocycles. The first kappa shape index (κ1) is 22.8. The summed E-state index contributed by atoms with van der Waals surface area (Å²) in [5.74, 6) is 1.27. The smallest absolute Gasteiger partial charge is 0.274 e. The Bertz CT molecular complexity index is 1040. The molecule has 0 unspecified atom stereocenters. The predicted octanol–water partition coefficient (Wildman–Crippen LogP) is 3.57. The second kappa shape index (κ2) is 10.5. The van der Waals surface area contributed by atoms with Gasteiger partial charge in [-0.2, -0.15) is 5.10 Å². The van der Waals surface area contributed by atoms with Crippen LogP contribution in [0.1, 0.15) is 41.1 Å². The Morgan fingerprint density at radius 1 is 1.12 bits per heavy atom. The zero-order valence-electron chi connectivity index (χ0n) is 19.4. The summed E-state index contributed by atoms with van der Waals surface area (Å²) in [6.07, 6.45) is 7.06. The maximum absolute atomic E-state index is 13.2. The Kier molecular flexibility index (Phi) is 7.27. The molecule has 7 heteroatoms. The third kappa shape index (κ3) is 5.72. The predicted molar refractivity (Wildman–Crippen MR) is 126 cm³/mol. The monoisotopic (exact) mass is 448 g/mol. The molecule has 1 aliphatic rings. The van der Waals surface area contributed by atoms with E-state index >= 15 is 0 Å². The zero-order valence-corrected chi connectivity index (χ0v) is 19.4. The lowest BCUT2D eigenvalue weighted by molar-refractivity contribution is -0.132. The van der Waals surface area contributed by atoms with Crippen molar-refractivity contribution in [3.63, 3.8) is 0 Å². The van der Waals surface area contributed by atoms with Gasteiger partial charge in [-0.15, -0.1) is 0 Å². The van der Waals surface area contributed by atoms with E-state index in [1.807, 2.05) is 54.2 Å². The maximum Gasteiger partial charge on any atom is 0.274 e. The summed E-state index contributed by atoms with van der Waals surface area (Å²) in [6, 6.07) is 15.9. The fourth-order valence-corrected chi connectivity index (χ4v) is 4.71. The van der Waals surface area contributed by atoms with E-state index in [0.29, 0.717) is 24.5 Å². The van der Waals surface area contributed by atoms with Crippen LogP contribution < -0.4 is 0 Å². The normalized spacial score (nSPS) is 15.4. The minimum Gasteiger partial charge on any atom is -0.469 e. The number of nitrogens with zero attached hydrogens (tertiary/aromatic N) is 4. The zero-order chi connectivity index (χ0) is 23.2. The molecule has 3 heterocycles. The summed E-state index contributed by atoms with van der Waals surface area (Å²) >= 11 is 0. The number of aryl methyl sites for hydroxylation is 2. The molecule has 174 valence electrons. The van der Waals surface area contributed by atoms with Crippen LogP contribution in [0, 0.1) is 5.92 Å². The van der Waals surface area contributed by atoms with Crippen LogP contribution in [0.15, 0.2) is 65.4 Å². The number of amides is 2. The van der Waals surface area contributed by atoms with Gasteiger partial charge in [-0.05, 0) is 48.9 Å². The summed E-state index contributed by atoms with van der Waals surface area (Å²) in [6.45, 7) is 1.44. The molecule has 0 saturated carbocycles. The van der Waals surface area contributed by atoms with E-state index in [1.165, 1.54) is 5.56 Å². The molecule has 0 bridgehead atoms. The Morgan fingerprint density at radius 3 is 2.52 bits per heavy atom. The molecule has 0 N–H and O–H groups in total. The molecule has 1 fully saturated rings. The van der Waals surface area contributed by atoms with Crippen molar-refractivity contribution in [1.29, 1.82) is 0 Å². The van der Waals surface area contributed by atoms with Crippen molar-refractivity contribution in [2.75, 3.05) is 20.1 Å². The molecule has 2 amide bonds. The summed E-state index contributed by atoms with van der Waals surface area (Å²) in [5.41, 5.74) is 1.67. The van der Waals surface area contributed by atoms with Gasteiger partial charge in [-0.1, -0.05) is 30.3 Å². The summed E-state index contributed by atoms with van der Waals surface area (Å²) in [5, 5.41) is 4.31. The van der Waals surface area contributed by atoms with Crippen LogP contribution in [0.2, 0.25) is 0 Å². The van der Waals surface area contributed by atoms with Crippen LogP contribution in [0.5, 0.6) is 0 Å². The summed E-state index contributed by atoms with van der Waals surface area (Å²) in [4.78, 5) is 29.7. The Labute approximate surface area is 195 Å². The van der Waals surface area contributed by atoms with E-state index in [0.717, 1.165) is 38.1 Å². The largest absolute Gasteiger partial charge is 0.469 e. The highest BCUT2D eigenvalue weighted by molar-refractivity contribution is 5.92. The van der Waals surface area contributed by atoms with Gasteiger partial charge < -0.3 is 14.2 Å². The van der Waals surface area contributed by atoms with Crippen molar-refractivity contribution in [2.45, 2.75) is 38.1 Å². The molecule has 0 radical (unpaired) electrons. The quantitative estimate of drug-likeness (QED) is 0.528. The number of carbonyl (C=O) groups is 2. The number of likely N-dealkylation sites (tertiary alicyclic amines) is 1. The third-order valence-electron chi connectivity index (χ3n) is 6.64. The second-order valence-corrected chi connectivity index (χ2v) is 8.85. The van der Waals surface area contributed by atoms with Gasteiger partial charge in [0.05, 0.1) is 6.26 Å². The lowest BCUT2D eigenvalue weighted by Crippen LogP contribution is -2.48. The number of rotatable bonds is 8. The van der Waals surface area contributed by atoms with Crippen molar-refractivity contribution in [3.05, 3.63) is 78.0 Å². The standard InChI is InChI=1S/C26H32N4O3/c1-28-15-14-23(27-28)26(32)29(2)24(19-20-7-4-3-5-8-20)21-12-16-30(17-13-21)25(31)11-10-22-9-6-18-33-22/h3-9,14-15,18,21,24H,10-13,16-17,19H2,1-2H3/t24-/m0/s1. The molecule has 33 heavy (non-hydrogen) atoms. The average molecular weight is 449 g/mol. The number of aromatic nitrogens is 2. The van der Waals surface area contributed by atoms with E-state index in [9.17, 15) is 9.59 Å². The number of furan rings is 1. The highest BCUT2D eigenvalue weighted by Gasteiger charge is 2.33. The lowest BCUT2D eigenvalue weighted by atomic mass is 9.84. The van der Waals surface area contributed by atoms with E-state index < -0.39 is 0 Å². The molecular weight excluding hydrogens is 416 g/mol. The van der Waals surface area contributed by atoms with Gasteiger partial charge in [-0.3, -0.25) is 14.3 Å². The Morgan fingerprint density at radius 2 is 1.88 bits per heavy atom. The van der Waals surface area contributed by atoms with Gasteiger partial charge >= 0.3 is 0 Å². The molecule has 1 atom stereocenters. The SMILES string of the molecule is CN(C(=O)c1ccn(C)n1)[C@@H](Cc1ccccc1)C1CCN(C(=O)CCc2ccco2)CC1. The number of piperidine rings is 1. The number of carbonyl (C=O) groups excluding carboxylic acids is 2. The highest BCUT2D eigenvalue weighted by atomic mass is 16.3. The van der Waals surface area contributed by atoms with Crippen LogP contribution in [0.4, 0.5) is 0 Å². The van der Waals surface area contributed by atoms with E-state index in [-0.39, 0.29) is 17.9 Å². The summed E-state index contributed by atoms with van der Waals surface area (Å²) < 4.78 is 7.00. The first-order chi connectivity index (χ1) is 16.0. The first-order valence-electron chi connectivity index (χ1n) is 11.6. The minimum absolute atomic E-state index is 0.0438. The average Bonchev–Trinajstić information content (AvgIpc) is 3.53. The second-order valence-electron chi connectivity index (χ2n) is 8.85. The molecule has 0 spiro atoms. The topological polar surface area (TPSA) is 71.6 Å².